The number of carbonyl (C=O) groups is 1. The van der Waals surface area contributed by atoms with Gasteiger partial charge in [-0.25, -0.2) is 4.79 Å². The van der Waals surface area contributed by atoms with Crippen molar-refractivity contribution in [2.45, 2.75) is 44.9 Å². The monoisotopic (exact) mass is 317 g/mol. The number of hydrogen-bond acceptors (Lipinski definition) is 3. The van der Waals surface area contributed by atoms with Crippen molar-refractivity contribution in [2.24, 2.45) is 0 Å². The molecule has 1 N–H and O–H groups in total. The van der Waals surface area contributed by atoms with E-state index in [-0.39, 0.29) is 23.7 Å². The van der Waals surface area contributed by atoms with Crippen LogP contribution in [0.4, 0.5) is 4.79 Å². The fourth-order valence-electron chi connectivity index (χ4n) is 3.12. The van der Waals surface area contributed by atoms with Crippen LogP contribution < -0.4 is 10.1 Å². The lowest BCUT2D eigenvalue weighted by Gasteiger charge is -2.39. The van der Waals surface area contributed by atoms with Crippen LogP contribution in [0.3, 0.4) is 0 Å². The fourth-order valence-corrected chi connectivity index (χ4v) is 3.12. The Labute approximate surface area is 138 Å². The van der Waals surface area contributed by atoms with Crippen molar-refractivity contribution in [1.29, 1.82) is 0 Å². The molecule has 0 aliphatic carbocycles. The zero-order valence-electron chi connectivity index (χ0n) is 14.3. The minimum absolute atomic E-state index is 0.0404. The molecule has 0 spiro atoms. The second-order valence-corrected chi connectivity index (χ2v) is 7.51. The Morgan fingerprint density at radius 1 is 1.17 bits per heavy atom. The number of amides is 2. The quantitative estimate of drug-likeness (QED) is 0.930. The molecule has 5 nitrogen and oxygen atoms in total. The lowest BCUT2D eigenvalue weighted by molar-refractivity contribution is 0.0434. The molecule has 1 atom stereocenters. The van der Waals surface area contributed by atoms with Gasteiger partial charge >= 0.3 is 6.03 Å². The summed E-state index contributed by atoms with van der Waals surface area (Å²) in [6.45, 7) is 9.97. The molecule has 2 saturated heterocycles. The molecule has 2 heterocycles. The third kappa shape index (κ3) is 3.96. The molecule has 0 saturated carbocycles. The number of nitrogens with one attached hydrogen (secondary N) is 1. The summed E-state index contributed by atoms with van der Waals surface area (Å²) >= 11 is 0. The summed E-state index contributed by atoms with van der Waals surface area (Å²) in [5, 5.41) is 3.16. The molecule has 0 bridgehead atoms. The van der Waals surface area contributed by atoms with Gasteiger partial charge in [0, 0.05) is 24.7 Å². The van der Waals surface area contributed by atoms with Crippen LogP contribution in [-0.2, 0) is 0 Å². The van der Waals surface area contributed by atoms with Crippen LogP contribution in [-0.4, -0.2) is 59.7 Å². The van der Waals surface area contributed by atoms with Gasteiger partial charge in [0.05, 0.1) is 13.1 Å². The molecule has 0 radical (unpaired) electrons. The molecule has 5 heteroatoms. The molecule has 1 aromatic carbocycles. The minimum Gasteiger partial charge on any atom is -0.487 e. The van der Waals surface area contributed by atoms with E-state index in [1.54, 1.807) is 0 Å². The van der Waals surface area contributed by atoms with Crippen LogP contribution >= 0.6 is 0 Å². The Hall–Kier alpha value is -1.75. The molecule has 2 aliphatic rings. The fraction of sp³-hybridized carbons (Fsp3) is 0.611. The summed E-state index contributed by atoms with van der Waals surface area (Å²) in [6.07, 6.45) is 1.14. The maximum Gasteiger partial charge on any atom is 0.317 e. The molecular weight excluding hydrogens is 290 g/mol. The SMILES string of the molecule is CC(C)(C)N1CCC(NC(=O)N2CC(Oc3ccccc3)C2)C1. The summed E-state index contributed by atoms with van der Waals surface area (Å²) < 4.78 is 5.83. The van der Waals surface area contributed by atoms with E-state index in [0.29, 0.717) is 13.1 Å². The van der Waals surface area contributed by atoms with Gasteiger partial charge in [-0.05, 0) is 39.3 Å². The third-order valence-corrected chi connectivity index (χ3v) is 4.65. The van der Waals surface area contributed by atoms with Crippen molar-refractivity contribution in [3.05, 3.63) is 30.3 Å². The number of benzene rings is 1. The zero-order chi connectivity index (χ0) is 16.4. The van der Waals surface area contributed by atoms with Crippen molar-refractivity contribution < 1.29 is 9.53 Å². The van der Waals surface area contributed by atoms with Gasteiger partial charge in [-0.2, -0.15) is 0 Å². The van der Waals surface area contributed by atoms with E-state index >= 15 is 0 Å². The number of urea groups is 1. The number of nitrogens with zero attached hydrogens (tertiary/aromatic N) is 2. The second kappa shape index (κ2) is 6.40. The van der Waals surface area contributed by atoms with Crippen molar-refractivity contribution in [3.8, 4) is 5.75 Å². The third-order valence-electron chi connectivity index (χ3n) is 4.65. The highest BCUT2D eigenvalue weighted by atomic mass is 16.5. The Morgan fingerprint density at radius 3 is 2.48 bits per heavy atom. The van der Waals surface area contributed by atoms with Gasteiger partial charge in [0.15, 0.2) is 0 Å². The van der Waals surface area contributed by atoms with E-state index in [2.05, 4.69) is 31.0 Å². The zero-order valence-corrected chi connectivity index (χ0v) is 14.3. The molecule has 126 valence electrons. The van der Waals surface area contributed by atoms with Gasteiger partial charge in [-0.15, -0.1) is 0 Å². The predicted molar refractivity (Wildman–Crippen MR) is 90.7 cm³/mol. The first-order chi connectivity index (χ1) is 10.9. The predicted octanol–water partition coefficient (Wildman–Crippen LogP) is 2.33. The number of para-hydroxylation sites is 1. The lowest BCUT2D eigenvalue weighted by atomic mass is 10.1. The van der Waals surface area contributed by atoms with Crippen LogP contribution in [0.1, 0.15) is 27.2 Å². The van der Waals surface area contributed by atoms with Gasteiger partial charge < -0.3 is 15.0 Å². The summed E-state index contributed by atoms with van der Waals surface area (Å²) in [5.41, 5.74) is 0.171. The molecular formula is C18H27N3O2. The summed E-state index contributed by atoms with van der Waals surface area (Å²) in [7, 11) is 0. The molecule has 1 aromatic rings. The second-order valence-electron chi connectivity index (χ2n) is 7.51. The molecule has 2 aliphatic heterocycles. The molecule has 1 unspecified atom stereocenters. The van der Waals surface area contributed by atoms with Gasteiger partial charge in [-0.1, -0.05) is 18.2 Å². The highest BCUT2D eigenvalue weighted by Crippen LogP contribution is 2.21. The van der Waals surface area contributed by atoms with E-state index < -0.39 is 0 Å². The van der Waals surface area contributed by atoms with E-state index in [1.165, 1.54) is 0 Å². The van der Waals surface area contributed by atoms with E-state index in [9.17, 15) is 4.79 Å². The smallest absolute Gasteiger partial charge is 0.317 e. The Balaban J connectivity index is 1.40. The van der Waals surface area contributed by atoms with Crippen molar-refractivity contribution in [3.63, 3.8) is 0 Å². The van der Waals surface area contributed by atoms with Gasteiger partial charge in [-0.3, -0.25) is 4.90 Å². The molecule has 3 rings (SSSR count). The Morgan fingerprint density at radius 2 is 1.87 bits per heavy atom. The normalized spacial score (nSPS) is 22.7. The first-order valence-electron chi connectivity index (χ1n) is 8.44. The largest absolute Gasteiger partial charge is 0.487 e. The topological polar surface area (TPSA) is 44.8 Å². The van der Waals surface area contributed by atoms with Crippen LogP contribution in [0.15, 0.2) is 30.3 Å². The standard InChI is InChI=1S/C18H27N3O2/c1-18(2,3)21-10-9-14(11-21)19-17(22)20-12-16(13-20)23-15-7-5-4-6-8-15/h4-8,14,16H,9-13H2,1-3H3,(H,19,22). The van der Waals surface area contributed by atoms with Crippen LogP contribution in [0.5, 0.6) is 5.75 Å². The summed E-state index contributed by atoms with van der Waals surface area (Å²) in [5.74, 6) is 0.870. The van der Waals surface area contributed by atoms with E-state index in [0.717, 1.165) is 25.3 Å². The lowest BCUT2D eigenvalue weighted by Crippen LogP contribution is -2.60. The van der Waals surface area contributed by atoms with Gasteiger partial charge in [0.25, 0.3) is 0 Å². The van der Waals surface area contributed by atoms with Crippen molar-refractivity contribution in [2.75, 3.05) is 26.2 Å². The minimum atomic E-state index is 0.0404. The number of rotatable bonds is 3. The van der Waals surface area contributed by atoms with Crippen LogP contribution in [0.2, 0.25) is 0 Å². The number of hydrogen-bond donors (Lipinski definition) is 1. The average Bonchev–Trinajstić information content (AvgIpc) is 2.92. The first-order valence-corrected chi connectivity index (χ1v) is 8.44. The average molecular weight is 317 g/mol. The van der Waals surface area contributed by atoms with E-state index in [4.69, 9.17) is 4.74 Å². The number of carbonyl (C=O) groups excluding carboxylic acids is 1. The van der Waals surface area contributed by atoms with Crippen LogP contribution in [0.25, 0.3) is 0 Å². The van der Waals surface area contributed by atoms with Gasteiger partial charge in [0.2, 0.25) is 0 Å². The highest BCUT2D eigenvalue weighted by molar-refractivity contribution is 5.75. The van der Waals surface area contributed by atoms with Gasteiger partial charge in [0.1, 0.15) is 11.9 Å². The first kappa shape index (κ1) is 16.1. The Kier molecular flexibility index (Phi) is 4.48. The summed E-state index contributed by atoms with van der Waals surface area (Å²) in [4.78, 5) is 16.5. The Bertz CT molecular complexity index is 535. The highest BCUT2D eigenvalue weighted by Gasteiger charge is 2.35. The summed E-state index contributed by atoms with van der Waals surface area (Å²) in [6, 6.07) is 10.1. The molecule has 23 heavy (non-hydrogen) atoms. The number of likely N-dealkylation sites (tertiary alicyclic amines) is 2. The van der Waals surface area contributed by atoms with E-state index in [1.807, 2.05) is 35.2 Å². The van der Waals surface area contributed by atoms with Crippen LogP contribution in [0, 0.1) is 0 Å². The van der Waals surface area contributed by atoms with Crippen molar-refractivity contribution >= 4 is 6.03 Å². The maximum atomic E-state index is 12.3. The number of ether oxygens (including phenoxy) is 1. The molecule has 2 fully saturated rings. The van der Waals surface area contributed by atoms with Crippen molar-refractivity contribution in [1.82, 2.24) is 15.1 Å². The molecule has 2 amide bonds. The maximum absolute atomic E-state index is 12.3. The molecule has 0 aromatic heterocycles.